The summed E-state index contributed by atoms with van der Waals surface area (Å²) in [5.74, 6) is 2.74. The lowest BCUT2D eigenvalue weighted by atomic mass is 9.81. The van der Waals surface area contributed by atoms with Crippen LogP contribution in [0.2, 0.25) is 0 Å². The molecule has 2 aromatic rings. The molecule has 2 heterocycles. The molecule has 0 atom stereocenters. The number of anilines is 1. The van der Waals surface area contributed by atoms with Gasteiger partial charge in [-0.15, -0.1) is 0 Å². The highest BCUT2D eigenvalue weighted by molar-refractivity contribution is 5.45. The van der Waals surface area contributed by atoms with Crippen molar-refractivity contribution in [2.24, 2.45) is 11.8 Å². The molecule has 1 N–H and O–H groups in total. The van der Waals surface area contributed by atoms with E-state index in [2.05, 4.69) is 22.3 Å². The second-order valence-corrected chi connectivity index (χ2v) is 5.62. The number of aromatic nitrogens is 3. The summed E-state index contributed by atoms with van der Waals surface area (Å²) >= 11 is 0. The molecule has 1 saturated carbocycles. The predicted octanol–water partition coefficient (Wildman–Crippen LogP) is 3.36. The van der Waals surface area contributed by atoms with E-state index in [1.807, 2.05) is 18.3 Å². The standard InChI is InChI=1S/C15H22N4/c1-2-12-3-5-13(6-4-12)11-16-14-8-10-19-15(18-14)7-9-17-19/h7-10,12-13H,2-6,11H2,1H3,(H,16,18). The lowest BCUT2D eigenvalue weighted by molar-refractivity contribution is 0.278. The van der Waals surface area contributed by atoms with E-state index in [0.29, 0.717) is 0 Å². The van der Waals surface area contributed by atoms with Crippen LogP contribution in [0.5, 0.6) is 0 Å². The summed E-state index contributed by atoms with van der Waals surface area (Å²) in [5.41, 5.74) is 0.902. The molecule has 3 rings (SSSR count). The minimum atomic E-state index is 0.811. The van der Waals surface area contributed by atoms with E-state index >= 15 is 0 Å². The number of fused-ring (bicyclic) bond motifs is 1. The van der Waals surface area contributed by atoms with E-state index in [4.69, 9.17) is 0 Å². The maximum Gasteiger partial charge on any atom is 0.157 e. The van der Waals surface area contributed by atoms with E-state index < -0.39 is 0 Å². The number of nitrogens with zero attached hydrogens (tertiary/aromatic N) is 3. The Labute approximate surface area is 114 Å². The molecule has 1 aliphatic carbocycles. The first-order valence-electron chi connectivity index (χ1n) is 7.39. The summed E-state index contributed by atoms with van der Waals surface area (Å²) in [5, 5.41) is 7.63. The van der Waals surface area contributed by atoms with Crippen molar-refractivity contribution in [2.45, 2.75) is 39.0 Å². The molecule has 0 unspecified atom stereocenters. The fourth-order valence-corrected chi connectivity index (χ4v) is 3.00. The third kappa shape index (κ3) is 2.88. The van der Waals surface area contributed by atoms with Crippen molar-refractivity contribution in [3.63, 3.8) is 0 Å². The van der Waals surface area contributed by atoms with Gasteiger partial charge in [0.05, 0.1) is 6.20 Å². The SMILES string of the molecule is CCC1CCC(CNc2ccn3nccc3n2)CC1. The molecule has 1 fully saturated rings. The normalized spacial score (nSPS) is 23.6. The van der Waals surface area contributed by atoms with E-state index in [9.17, 15) is 0 Å². The third-order valence-electron chi connectivity index (χ3n) is 4.37. The zero-order valence-electron chi connectivity index (χ0n) is 11.5. The fourth-order valence-electron chi connectivity index (χ4n) is 3.00. The quantitative estimate of drug-likeness (QED) is 0.914. The largest absolute Gasteiger partial charge is 0.370 e. The molecule has 1 aliphatic rings. The summed E-state index contributed by atoms with van der Waals surface area (Å²) in [7, 11) is 0. The average Bonchev–Trinajstić information content (AvgIpc) is 2.93. The van der Waals surface area contributed by atoms with Crippen LogP contribution in [0.25, 0.3) is 5.65 Å². The van der Waals surface area contributed by atoms with Gasteiger partial charge >= 0.3 is 0 Å². The van der Waals surface area contributed by atoms with Gasteiger partial charge in [0.1, 0.15) is 5.82 Å². The molecule has 2 aromatic heterocycles. The highest BCUT2D eigenvalue weighted by Gasteiger charge is 2.19. The minimum Gasteiger partial charge on any atom is -0.370 e. The van der Waals surface area contributed by atoms with Crippen molar-refractivity contribution >= 4 is 11.5 Å². The zero-order chi connectivity index (χ0) is 13.1. The van der Waals surface area contributed by atoms with Gasteiger partial charge in [0.2, 0.25) is 0 Å². The summed E-state index contributed by atoms with van der Waals surface area (Å²) < 4.78 is 1.79. The first-order chi connectivity index (χ1) is 9.35. The van der Waals surface area contributed by atoms with E-state index in [-0.39, 0.29) is 0 Å². The van der Waals surface area contributed by atoms with Crippen molar-refractivity contribution in [2.75, 3.05) is 11.9 Å². The van der Waals surface area contributed by atoms with Crippen molar-refractivity contribution < 1.29 is 0 Å². The van der Waals surface area contributed by atoms with Crippen molar-refractivity contribution in [3.8, 4) is 0 Å². The molecule has 4 nitrogen and oxygen atoms in total. The lowest BCUT2D eigenvalue weighted by Crippen LogP contribution is -2.21. The maximum absolute atomic E-state index is 4.54. The smallest absolute Gasteiger partial charge is 0.157 e. The van der Waals surface area contributed by atoms with Gasteiger partial charge in [-0.3, -0.25) is 0 Å². The van der Waals surface area contributed by atoms with Crippen LogP contribution < -0.4 is 5.32 Å². The Kier molecular flexibility index (Phi) is 3.67. The second-order valence-electron chi connectivity index (χ2n) is 5.62. The molecule has 0 saturated heterocycles. The van der Waals surface area contributed by atoms with E-state index in [0.717, 1.165) is 29.8 Å². The van der Waals surface area contributed by atoms with Gasteiger partial charge in [-0.2, -0.15) is 5.10 Å². The minimum absolute atomic E-state index is 0.811. The average molecular weight is 258 g/mol. The van der Waals surface area contributed by atoms with Crippen LogP contribution in [0, 0.1) is 11.8 Å². The van der Waals surface area contributed by atoms with Crippen LogP contribution in [0.1, 0.15) is 39.0 Å². The van der Waals surface area contributed by atoms with Gasteiger partial charge in [0, 0.05) is 18.8 Å². The topological polar surface area (TPSA) is 42.2 Å². The van der Waals surface area contributed by atoms with Gasteiger partial charge in [0.15, 0.2) is 5.65 Å². The van der Waals surface area contributed by atoms with E-state index in [1.54, 1.807) is 10.7 Å². The summed E-state index contributed by atoms with van der Waals surface area (Å²) in [4.78, 5) is 4.54. The highest BCUT2D eigenvalue weighted by Crippen LogP contribution is 2.30. The number of hydrogen-bond acceptors (Lipinski definition) is 3. The molecule has 0 bridgehead atoms. The summed E-state index contributed by atoms with van der Waals surface area (Å²) in [6.45, 7) is 3.36. The molecule has 0 radical (unpaired) electrons. The van der Waals surface area contributed by atoms with Crippen LogP contribution in [0.4, 0.5) is 5.82 Å². The highest BCUT2D eigenvalue weighted by atomic mass is 15.2. The van der Waals surface area contributed by atoms with Gasteiger partial charge in [-0.1, -0.05) is 26.2 Å². The molecular formula is C15H22N4. The molecule has 0 aromatic carbocycles. The first kappa shape index (κ1) is 12.5. The van der Waals surface area contributed by atoms with Crippen molar-refractivity contribution in [3.05, 3.63) is 24.5 Å². The molecule has 0 amide bonds. The molecule has 0 spiro atoms. The van der Waals surface area contributed by atoms with Crippen molar-refractivity contribution in [1.82, 2.24) is 14.6 Å². The fraction of sp³-hybridized carbons (Fsp3) is 0.600. The molecule has 4 heteroatoms. The summed E-state index contributed by atoms with van der Waals surface area (Å²) in [6, 6.07) is 3.93. The number of nitrogens with one attached hydrogen (secondary N) is 1. The van der Waals surface area contributed by atoms with Gasteiger partial charge in [0.25, 0.3) is 0 Å². The molecule has 0 aliphatic heterocycles. The Morgan fingerprint density at radius 1 is 1.21 bits per heavy atom. The van der Waals surface area contributed by atoms with E-state index in [1.165, 1.54) is 32.1 Å². The molecular weight excluding hydrogens is 236 g/mol. The molecule has 102 valence electrons. The monoisotopic (exact) mass is 258 g/mol. The molecule has 19 heavy (non-hydrogen) atoms. The zero-order valence-corrected chi connectivity index (χ0v) is 11.5. The first-order valence-corrected chi connectivity index (χ1v) is 7.39. The Bertz CT molecular complexity index is 526. The number of rotatable bonds is 4. The van der Waals surface area contributed by atoms with Crippen LogP contribution in [0.15, 0.2) is 24.5 Å². The number of hydrogen-bond donors (Lipinski definition) is 1. The Morgan fingerprint density at radius 3 is 2.79 bits per heavy atom. The van der Waals surface area contributed by atoms with Crippen LogP contribution >= 0.6 is 0 Å². The van der Waals surface area contributed by atoms with Crippen LogP contribution in [-0.4, -0.2) is 21.1 Å². The maximum atomic E-state index is 4.54. The van der Waals surface area contributed by atoms with Crippen LogP contribution in [0.3, 0.4) is 0 Å². The van der Waals surface area contributed by atoms with Gasteiger partial charge in [-0.05, 0) is 30.7 Å². The van der Waals surface area contributed by atoms with Crippen molar-refractivity contribution in [1.29, 1.82) is 0 Å². The second kappa shape index (κ2) is 5.59. The third-order valence-corrected chi connectivity index (χ3v) is 4.37. The van der Waals surface area contributed by atoms with Crippen LogP contribution in [-0.2, 0) is 0 Å². The predicted molar refractivity (Wildman–Crippen MR) is 77.2 cm³/mol. The summed E-state index contributed by atoms with van der Waals surface area (Å²) in [6.07, 6.45) is 10.6. The van der Waals surface area contributed by atoms with Gasteiger partial charge < -0.3 is 5.32 Å². The Hall–Kier alpha value is -1.58. The Morgan fingerprint density at radius 2 is 2.00 bits per heavy atom. The lowest BCUT2D eigenvalue weighted by Gasteiger charge is -2.27. The Balaban J connectivity index is 1.54. The van der Waals surface area contributed by atoms with Gasteiger partial charge in [-0.25, -0.2) is 9.50 Å².